The Morgan fingerprint density at radius 1 is 1.24 bits per heavy atom. The summed E-state index contributed by atoms with van der Waals surface area (Å²) in [6.45, 7) is 6.66. The van der Waals surface area contributed by atoms with E-state index in [1.807, 2.05) is 0 Å². The molecule has 1 aliphatic rings. The number of carbonyl (C=O) groups excluding carboxylic acids is 1. The zero-order chi connectivity index (χ0) is 18.8. The van der Waals surface area contributed by atoms with Crippen molar-refractivity contribution in [1.29, 1.82) is 5.26 Å². The summed E-state index contributed by atoms with van der Waals surface area (Å²) in [5.74, 6) is 0. The quantitative estimate of drug-likeness (QED) is 0.774. The van der Waals surface area contributed by atoms with Gasteiger partial charge >= 0.3 is 12.3 Å². The minimum Gasteiger partial charge on any atom is -0.444 e. The Morgan fingerprint density at radius 3 is 2.32 bits per heavy atom. The van der Waals surface area contributed by atoms with E-state index in [2.05, 4.69) is 4.98 Å². The third-order valence-corrected chi connectivity index (χ3v) is 3.58. The standard InChI is InChI=1S/C16H19F3N4O2/c1-15(2,3)25-14(24)23-6-4-22(5-7-23)11-8-12(16(17,18)19)13(9-20)21-10-11/h8,10H,4-7H2,1-3H3. The number of amides is 1. The summed E-state index contributed by atoms with van der Waals surface area (Å²) >= 11 is 0. The summed E-state index contributed by atoms with van der Waals surface area (Å²) < 4.78 is 44.4. The first-order valence-corrected chi connectivity index (χ1v) is 7.71. The van der Waals surface area contributed by atoms with E-state index >= 15 is 0 Å². The highest BCUT2D eigenvalue weighted by atomic mass is 19.4. The molecular weight excluding hydrogens is 337 g/mol. The van der Waals surface area contributed by atoms with Crippen LogP contribution in [0.3, 0.4) is 0 Å². The third-order valence-electron chi connectivity index (χ3n) is 3.58. The second kappa shape index (κ2) is 6.78. The molecule has 0 aliphatic carbocycles. The Labute approximate surface area is 143 Å². The lowest BCUT2D eigenvalue weighted by Gasteiger charge is -2.36. The van der Waals surface area contributed by atoms with Crippen LogP contribution < -0.4 is 4.90 Å². The number of halogens is 3. The highest BCUT2D eigenvalue weighted by molar-refractivity contribution is 5.68. The van der Waals surface area contributed by atoms with Crippen LogP contribution in [-0.2, 0) is 10.9 Å². The summed E-state index contributed by atoms with van der Waals surface area (Å²) in [4.78, 5) is 18.8. The van der Waals surface area contributed by atoms with E-state index in [4.69, 9.17) is 10.00 Å². The largest absolute Gasteiger partial charge is 0.444 e. The molecule has 25 heavy (non-hydrogen) atoms. The molecule has 0 spiro atoms. The van der Waals surface area contributed by atoms with Crippen LogP contribution in [0.1, 0.15) is 32.0 Å². The van der Waals surface area contributed by atoms with Crippen LogP contribution in [-0.4, -0.2) is 47.8 Å². The first kappa shape index (κ1) is 18.8. The van der Waals surface area contributed by atoms with E-state index in [-0.39, 0.29) is 5.69 Å². The average molecular weight is 356 g/mol. The van der Waals surface area contributed by atoms with Crippen LogP contribution in [0.5, 0.6) is 0 Å². The third kappa shape index (κ3) is 4.75. The van der Waals surface area contributed by atoms with Gasteiger partial charge in [0.1, 0.15) is 11.7 Å². The molecular formula is C16H19F3N4O2. The maximum absolute atomic E-state index is 13.0. The van der Waals surface area contributed by atoms with Gasteiger partial charge in [0.25, 0.3) is 0 Å². The van der Waals surface area contributed by atoms with Crippen LogP contribution in [0, 0.1) is 11.3 Å². The van der Waals surface area contributed by atoms with E-state index in [0.717, 1.165) is 6.07 Å². The molecule has 0 aromatic carbocycles. The molecule has 0 radical (unpaired) electrons. The second-order valence-electron chi connectivity index (χ2n) is 6.65. The van der Waals surface area contributed by atoms with Gasteiger partial charge in [-0.15, -0.1) is 0 Å². The first-order valence-electron chi connectivity index (χ1n) is 7.71. The maximum atomic E-state index is 13.0. The predicted octanol–water partition coefficient (Wildman–Crippen LogP) is 3.03. The van der Waals surface area contributed by atoms with Crippen molar-refractivity contribution in [3.8, 4) is 6.07 Å². The fourth-order valence-electron chi connectivity index (χ4n) is 2.41. The fraction of sp³-hybridized carbons (Fsp3) is 0.562. The van der Waals surface area contributed by atoms with Crippen molar-refractivity contribution in [2.24, 2.45) is 0 Å². The number of piperazine rings is 1. The highest BCUT2D eigenvalue weighted by Crippen LogP contribution is 2.33. The van der Waals surface area contributed by atoms with Crippen molar-refractivity contribution < 1.29 is 22.7 Å². The molecule has 0 saturated carbocycles. The summed E-state index contributed by atoms with van der Waals surface area (Å²) in [7, 11) is 0. The van der Waals surface area contributed by atoms with Crippen molar-refractivity contribution in [3.63, 3.8) is 0 Å². The van der Waals surface area contributed by atoms with E-state index in [9.17, 15) is 18.0 Å². The molecule has 136 valence electrons. The number of carbonyl (C=O) groups is 1. The van der Waals surface area contributed by atoms with Gasteiger partial charge in [-0.1, -0.05) is 0 Å². The molecule has 1 amide bonds. The van der Waals surface area contributed by atoms with Crippen molar-refractivity contribution in [2.75, 3.05) is 31.1 Å². The molecule has 0 N–H and O–H groups in total. The number of pyridine rings is 1. The molecule has 2 heterocycles. The summed E-state index contributed by atoms with van der Waals surface area (Å²) in [5.41, 5.74) is -2.03. The minimum absolute atomic E-state index is 0.273. The minimum atomic E-state index is -4.65. The molecule has 1 fully saturated rings. The number of nitriles is 1. The molecule has 1 aromatic heterocycles. The van der Waals surface area contributed by atoms with Crippen LogP contribution in [0.15, 0.2) is 12.3 Å². The summed E-state index contributed by atoms with van der Waals surface area (Å²) in [6.07, 6.45) is -3.84. The van der Waals surface area contributed by atoms with Crippen molar-refractivity contribution in [3.05, 3.63) is 23.5 Å². The predicted molar refractivity (Wildman–Crippen MR) is 84.0 cm³/mol. The van der Waals surface area contributed by atoms with E-state index in [0.29, 0.717) is 26.2 Å². The number of ether oxygens (including phenoxy) is 1. The van der Waals surface area contributed by atoms with Gasteiger partial charge < -0.3 is 14.5 Å². The number of anilines is 1. The van der Waals surface area contributed by atoms with Gasteiger partial charge in [0.05, 0.1) is 17.4 Å². The fourth-order valence-corrected chi connectivity index (χ4v) is 2.41. The molecule has 0 unspecified atom stereocenters. The second-order valence-corrected chi connectivity index (χ2v) is 6.65. The van der Waals surface area contributed by atoms with E-state index < -0.39 is 29.1 Å². The lowest BCUT2D eigenvalue weighted by atomic mass is 10.1. The van der Waals surface area contributed by atoms with Crippen molar-refractivity contribution in [1.82, 2.24) is 9.88 Å². The SMILES string of the molecule is CC(C)(C)OC(=O)N1CCN(c2cnc(C#N)c(C(F)(F)F)c2)CC1. The number of rotatable bonds is 1. The number of hydrogen-bond acceptors (Lipinski definition) is 5. The molecule has 0 bridgehead atoms. The normalized spacial score (nSPS) is 15.7. The Kier molecular flexibility index (Phi) is 5.11. The van der Waals surface area contributed by atoms with Crippen LogP contribution >= 0.6 is 0 Å². The smallest absolute Gasteiger partial charge is 0.419 e. The highest BCUT2D eigenvalue weighted by Gasteiger charge is 2.35. The number of alkyl halides is 3. The Morgan fingerprint density at radius 2 is 1.84 bits per heavy atom. The zero-order valence-corrected chi connectivity index (χ0v) is 14.2. The molecule has 1 aliphatic heterocycles. The van der Waals surface area contributed by atoms with Crippen molar-refractivity contribution >= 4 is 11.8 Å². The maximum Gasteiger partial charge on any atom is 0.419 e. The molecule has 1 saturated heterocycles. The van der Waals surface area contributed by atoms with Gasteiger partial charge in [0.2, 0.25) is 0 Å². The van der Waals surface area contributed by atoms with Gasteiger partial charge in [-0.25, -0.2) is 9.78 Å². The summed E-state index contributed by atoms with van der Waals surface area (Å²) in [5, 5.41) is 8.79. The van der Waals surface area contributed by atoms with Gasteiger partial charge in [-0.05, 0) is 26.8 Å². The lowest BCUT2D eigenvalue weighted by molar-refractivity contribution is -0.138. The van der Waals surface area contributed by atoms with E-state index in [1.165, 1.54) is 17.2 Å². The van der Waals surface area contributed by atoms with Crippen molar-refractivity contribution in [2.45, 2.75) is 32.5 Å². The zero-order valence-electron chi connectivity index (χ0n) is 14.2. The van der Waals surface area contributed by atoms with Crippen LogP contribution in [0.4, 0.5) is 23.7 Å². The average Bonchev–Trinajstić information content (AvgIpc) is 2.52. The molecule has 6 nitrogen and oxygen atoms in total. The molecule has 0 atom stereocenters. The van der Waals surface area contributed by atoms with Gasteiger partial charge in [-0.3, -0.25) is 0 Å². The van der Waals surface area contributed by atoms with Gasteiger partial charge in [-0.2, -0.15) is 18.4 Å². The Bertz CT molecular complexity index is 684. The topological polar surface area (TPSA) is 69.5 Å². The van der Waals surface area contributed by atoms with Crippen LogP contribution in [0.25, 0.3) is 0 Å². The molecule has 9 heteroatoms. The van der Waals surface area contributed by atoms with Crippen LogP contribution in [0.2, 0.25) is 0 Å². The molecule has 2 rings (SSSR count). The first-order chi connectivity index (χ1) is 11.5. The Hall–Kier alpha value is -2.50. The van der Waals surface area contributed by atoms with Gasteiger partial charge in [0.15, 0.2) is 5.69 Å². The van der Waals surface area contributed by atoms with E-state index in [1.54, 1.807) is 25.7 Å². The number of aromatic nitrogens is 1. The lowest BCUT2D eigenvalue weighted by Crippen LogP contribution is -2.50. The number of nitrogens with zero attached hydrogens (tertiary/aromatic N) is 4. The van der Waals surface area contributed by atoms with Gasteiger partial charge in [0, 0.05) is 26.2 Å². The number of hydrogen-bond donors (Lipinski definition) is 0. The molecule has 1 aromatic rings. The summed E-state index contributed by atoms with van der Waals surface area (Å²) in [6, 6.07) is 2.38. The Balaban J connectivity index is 2.09. The monoisotopic (exact) mass is 356 g/mol.